The fraction of sp³-hybridized carbons (Fsp3) is 0.587. The van der Waals surface area contributed by atoms with Gasteiger partial charge in [0, 0.05) is 57.3 Å². The quantitative estimate of drug-likeness (QED) is 0.0207. The smallest absolute Gasteiger partial charge is 0.407 e. The lowest BCUT2D eigenvalue weighted by atomic mass is 9.86. The maximum absolute atomic E-state index is 13.2. The molecule has 15 nitrogen and oxygen atoms in total. The summed E-state index contributed by atoms with van der Waals surface area (Å²) in [6.45, 7) is 12.4. The third kappa shape index (κ3) is 20.2. The van der Waals surface area contributed by atoms with E-state index >= 15 is 0 Å². The molecule has 344 valence electrons. The number of likely N-dealkylation sites (tertiary alicyclic amines) is 1. The van der Waals surface area contributed by atoms with Crippen molar-refractivity contribution in [3.8, 4) is 0 Å². The van der Waals surface area contributed by atoms with Crippen molar-refractivity contribution in [1.82, 2.24) is 26.2 Å². The lowest BCUT2D eigenvalue weighted by Gasteiger charge is -2.29. The van der Waals surface area contributed by atoms with Gasteiger partial charge in [0.05, 0.1) is 12.4 Å². The van der Waals surface area contributed by atoms with Crippen molar-refractivity contribution >= 4 is 53.4 Å². The third-order valence-corrected chi connectivity index (χ3v) is 11.0. The van der Waals surface area contributed by atoms with Crippen LogP contribution in [0.5, 0.6) is 0 Å². The number of nitrogens with one attached hydrogen (secondary N) is 4. The summed E-state index contributed by atoms with van der Waals surface area (Å²) in [5.41, 5.74) is 0.322. The summed E-state index contributed by atoms with van der Waals surface area (Å²) in [7, 11) is 1.45. The van der Waals surface area contributed by atoms with Crippen molar-refractivity contribution in [2.75, 3.05) is 33.0 Å². The van der Waals surface area contributed by atoms with Crippen LogP contribution in [0.15, 0.2) is 72.2 Å². The Kier molecular flexibility index (Phi) is 24.3. The van der Waals surface area contributed by atoms with Crippen LogP contribution in [0, 0.1) is 11.3 Å². The topological polar surface area (TPSA) is 199 Å². The molecule has 1 unspecified atom stereocenters. The first-order valence-corrected chi connectivity index (χ1v) is 22.7. The molecule has 0 aromatic carbocycles. The number of rotatable bonds is 25. The van der Waals surface area contributed by atoms with Crippen LogP contribution in [0.1, 0.15) is 106 Å². The Labute approximate surface area is 372 Å². The van der Waals surface area contributed by atoms with Gasteiger partial charge in [-0.25, -0.2) is 9.59 Å². The van der Waals surface area contributed by atoms with Crippen LogP contribution in [-0.2, 0) is 43.0 Å². The van der Waals surface area contributed by atoms with Crippen LogP contribution in [0.4, 0.5) is 4.79 Å². The number of amides is 6. The summed E-state index contributed by atoms with van der Waals surface area (Å²) in [5, 5.41) is 10.8. The highest BCUT2D eigenvalue weighted by atomic mass is 32.2. The summed E-state index contributed by atoms with van der Waals surface area (Å²) in [5.74, 6) is -1.47. The maximum atomic E-state index is 13.2. The standard InChI is InChI=1S/C46H69N5O10S/c1-9-10-20-34(60-45(58)49-28-18-27-47-38(52)24-12-11-15-29-51-40(54)31-37(62-8)43(51)56)21-17-26-48-42(55)41(46(4,5)6)50-39(53)25-14-13-19-32(2)30-33(3)35-22-16-23-36(59-7)44(57)61-35/h9-10,13-14,17,19,23,25-26,30,33-35,37,41H,11-12,15-16,18,20-22,24,27-29,31H2,1-8H3,(H,47,52)(H,48,55)(H,49,58)(H,50,53)/b10-9-,19-13-,25-14-,26-17-,32-30+/t33-,34-,35-,37?,41+/m0/s1. The number of methoxy groups -OCH3 is 1. The van der Waals surface area contributed by atoms with E-state index in [1.54, 1.807) is 24.3 Å². The van der Waals surface area contributed by atoms with Crippen molar-refractivity contribution in [3.63, 3.8) is 0 Å². The molecule has 1 fully saturated rings. The second kappa shape index (κ2) is 28.5. The number of hydrogen-bond acceptors (Lipinski definition) is 11. The Morgan fingerprint density at radius 3 is 2.39 bits per heavy atom. The van der Waals surface area contributed by atoms with Crippen LogP contribution >= 0.6 is 11.8 Å². The Morgan fingerprint density at radius 2 is 1.71 bits per heavy atom. The zero-order valence-corrected chi connectivity index (χ0v) is 38.6. The number of nitrogens with zero attached hydrogens (tertiary/aromatic N) is 1. The van der Waals surface area contributed by atoms with Crippen molar-refractivity contribution in [3.05, 3.63) is 72.2 Å². The normalized spacial score (nSPS) is 19.0. The number of carbonyl (C=O) groups excluding carboxylic acids is 7. The third-order valence-electron chi connectivity index (χ3n) is 10.1. The van der Waals surface area contributed by atoms with E-state index in [1.165, 1.54) is 36.0 Å². The highest BCUT2D eigenvalue weighted by Gasteiger charge is 2.37. The molecule has 1 saturated heterocycles. The van der Waals surface area contributed by atoms with Gasteiger partial charge in [-0.15, -0.1) is 0 Å². The van der Waals surface area contributed by atoms with Gasteiger partial charge in [0.25, 0.3) is 0 Å². The molecule has 4 N–H and O–H groups in total. The molecule has 2 aliphatic rings. The van der Waals surface area contributed by atoms with Crippen molar-refractivity contribution in [2.45, 2.75) is 129 Å². The van der Waals surface area contributed by atoms with E-state index < -0.39 is 41.4 Å². The number of hydrogen-bond donors (Lipinski definition) is 4. The molecule has 5 atom stereocenters. The first-order valence-electron chi connectivity index (χ1n) is 21.4. The summed E-state index contributed by atoms with van der Waals surface area (Å²) in [6.07, 6.45) is 22.9. The van der Waals surface area contributed by atoms with Crippen LogP contribution in [0.3, 0.4) is 0 Å². The summed E-state index contributed by atoms with van der Waals surface area (Å²) < 4.78 is 16.3. The zero-order valence-electron chi connectivity index (χ0n) is 37.8. The van der Waals surface area contributed by atoms with E-state index in [1.807, 2.05) is 72.1 Å². The van der Waals surface area contributed by atoms with Gasteiger partial charge in [-0.05, 0) is 69.9 Å². The van der Waals surface area contributed by atoms with E-state index in [0.717, 1.165) is 12.0 Å². The lowest BCUT2D eigenvalue weighted by Crippen LogP contribution is -2.52. The fourth-order valence-electron chi connectivity index (χ4n) is 6.56. The highest BCUT2D eigenvalue weighted by molar-refractivity contribution is 8.00. The number of alkyl carbamates (subject to hydrolysis) is 1. The molecule has 0 aliphatic carbocycles. The van der Waals surface area contributed by atoms with Crippen LogP contribution in [0.2, 0.25) is 0 Å². The molecule has 6 amide bonds. The lowest BCUT2D eigenvalue weighted by molar-refractivity contribution is -0.149. The Hall–Kier alpha value is -5.12. The second-order valence-electron chi connectivity index (χ2n) is 16.3. The first kappa shape index (κ1) is 53.0. The van der Waals surface area contributed by atoms with E-state index in [9.17, 15) is 33.6 Å². The minimum Gasteiger partial charge on any atom is -0.490 e. The van der Waals surface area contributed by atoms with E-state index in [0.29, 0.717) is 71.0 Å². The zero-order chi connectivity index (χ0) is 46.1. The second-order valence-corrected chi connectivity index (χ2v) is 17.4. The summed E-state index contributed by atoms with van der Waals surface area (Å²) >= 11 is 1.39. The molecule has 2 rings (SSSR count). The molecule has 0 bridgehead atoms. The molecule has 0 spiro atoms. The minimum atomic E-state index is -0.851. The van der Waals surface area contributed by atoms with E-state index in [-0.39, 0.29) is 47.2 Å². The van der Waals surface area contributed by atoms with Crippen molar-refractivity contribution < 1.29 is 47.8 Å². The predicted molar refractivity (Wildman–Crippen MR) is 241 cm³/mol. The Balaban J connectivity index is 1.73. The van der Waals surface area contributed by atoms with Gasteiger partial charge in [0.1, 0.15) is 18.2 Å². The number of carbonyl (C=O) groups is 7. The van der Waals surface area contributed by atoms with Gasteiger partial charge in [0.2, 0.25) is 29.5 Å². The predicted octanol–water partition coefficient (Wildman–Crippen LogP) is 6.09. The van der Waals surface area contributed by atoms with Crippen molar-refractivity contribution in [1.29, 1.82) is 0 Å². The average Bonchev–Trinajstić information content (AvgIpc) is 3.35. The SMILES string of the molecule is C/C=C\C[C@@H](C/C=C\NC(=O)[C@@H](NC(=O)\C=C/C=C\C(C)=C\[C@H](C)[C@@H]1CCC=C(OC)C(=O)O1)C(C)(C)C)OC(=O)NCCCNC(=O)CCCCCN1C(=O)CC(SC)C1=O. The fourth-order valence-corrected chi connectivity index (χ4v) is 7.20. The van der Waals surface area contributed by atoms with Crippen LogP contribution in [-0.4, -0.2) is 103 Å². The monoisotopic (exact) mass is 883 g/mol. The largest absolute Gasteiger partial charge is 0.490 e. The van der Waals surface area contributed by atoms with Gasteiger partial charge < -0.3 is 35.5 Å². The van der Waals surface area contributed by atoms with E-state index in [4.69, 9.17) is 14.2 Å². The highest BCUT2D eigenvalue weighted by Crippen LogP contribution is 2.24. The summed E-state index contributed by atoms with van der Waals surface area (Å²) in [6, 6.07) is -0.851. The molecule has 2 aliphatic heterocycles. The number of imide groups is 1. The number of cyclic esters (lactones) is 1. The number of esters is 1. The Morgan fingerprint density at radius 1 is 1.00 bits per heavy atom. The van der Waals surface area contributed by atoms with Gasteiger partial charge >= 0.3 is 12.1 Å². The molecule has 16 heteroatoms. The van der Waals surface area contributed by atoms with Crippen molar-refractivity contribution in [2.24, 2.45) is 11.3 Å². The number of unbranched alkanes of at least 4 members (excludes halogenated alkanes) is 2. The molecule has 0 aromatic rings. The molecular weight excluding hydrogens is 815 g/mol. The number of allylic oxidation sites excluding steroid dienone is 6. The molecule has 0 radical (unpaired) electrons. The first-order chi connectivity index (χ1) is 29.5. The molecule has 62 heavy (non-hydrogen) atoms. The molecule has 0 saturated carbocycles. The minimum absolute atomic E-state index is 0.0326. The van der Waals surface area contributed by atoms with E-state index in [2.05, 4.69) is 21.3 Å². The number of thioether (sulfide) groups is 1. The number of ether oxygens (including phenoxy) is 3. The van der Waals surface area contributed by atoms with Gasteiger partial charge in [0.15, 0.2) is 5.76 Å². The molecular formula is C46H69N5O10S. The molecule has 0 aromatic heterocycles. The van der Waals surface area contributed by atoms with Crippen LogP contribution < -0.4 is 21.3 Å². The average molecular weight is 884 g/mol. The van der Waals surface area contributed by atoms with Gasteiger partial charge in [-0.3, -0.25) is 28.9 Å². The molecule has 2 heterocycles. The maximum Gasteiger partial charge on any atom is 0.407 e. The van der Waals surface area contributed by atoms with Crippen LogP contribution in [0.25, 0.3) is 0 Å². The van der Waals surface area contributed by atoms with Gasteiger partial charge in [-0.2, -0.15) is 11.8 Å². The Bertz CT molecular complexity index is 1710. The summed E-state index contributed by atoms with van der Waals surface area (Å²) in [4.78, 5) is 88.6. The van der Waals surface area contributed by atoms with Gasteiger partial charge in [-0.1, -0.05) is 82.2 Å².